The van der Waals surface area contributed by atoms with Crippen molar-refractivity contribution in [1.82, 2.24) is 25.2 Å². The number of hydrogen-bond acceptors (Lipinski definition) is 7. The first-order chi connectivity index (χ1) is 15.2. The van der Waals surface area contributed by atoms with Crippen molar-refractivity contribution < 1.29 is 4.79 Å². The number of anilines is 2. The van der Waals surface area contributed by atoms with E-state index in [9.17, 15) is 4.79 Å². The Kier molecular flexibility index (Phi) is 7.30. The second kappa shape index (κ2) is 10.5. The van der Waals surface area contributed by atoms with Crippen LogP contribution in [0.3, 0.4) is 0 Å². The average Bonchev–Trinajstić information content (AvgIpc) is 2.85. The van der Waals surface area contributed by atoms with E-state index in [0.717, 1.165) is 76.7 Å². The second-order valence-corrected chi connectivity index (χ2v) is 8.32. The van der Waals surface area contributed by atoms with Gasteiger partial charge in [0.25, 0.3) is 0 Å². The fourth-order valence-corrected chi connectivity index (χ4v) is 4.33. The molecular weight excluding hydrogens is 390 g/mol. The third-order valence-electron chi connectivity index (χ3n) is 6.42. The van der Waals surface area contributed by atoms with Gasteiger partial charge in [0.15, 0.2) is 0 Å². The molecule has 0 saturated carbocycles. The van der Waals surface area contributed by atoms with Gasteiger partial charge < -0.3 is 20.0 Å². The lowest BCUT2D eigenvalue weighted by Crippen LogP contribution is -2.46. The molecule has 2 aliphatic rings. The second-order valence-electron chi connectivity index (χ2n) is 8.32. The molecule has 1 amide bonds. The molecule has 0 atom stereocenters. The monoisotopic (exact) mass is 423 g/mol. The van der Waals surface area contributed by atoms with Crippen molar-refractivity contribution in [2.24, 2.45) is 5.92 Å². The number of piperazine rings is 1. The molecule has 166 valence electrons. The minimum Gasteiger partial charge on any atom is -0.369 e. The van der Waals surface area contributed by atoms with Crippen molar-refractivity contribution in [2.75, 3.05) is 62.2 Å². The van der Waals surface area contributed by atoms with Gasteiger partial charge >= 0.3 is 0 Å². The zero-order valence-electron chi connectivity index (χ0n) is 18.4. The summed E-state index contributed by atoms with van der Waals surface area (Å²) >= 11 is 0. The Bertz CT molecular complexity index is 814. The van der Waals surface area contributed by atoms with Crippen LogP contribution < -0.4 is 15.1 Å². The first-order valence-corrected chi connectivity index (χ1v) is 11.4. The van der Waals surface area contributed by atoms with Crippen molar-refractivity contribution in [1.29, 1.82) is 0 Å². The van der Waals surface area contributed by atoms with Gasteiger partial charge in [0.2, 0.25) is 11.9 Å². The topological polar surface area (TPSA) is 77.5 Å². The fraction of sp³-hybridized carbons (Fsp3) is 0.565. The van der Waals surface area contributed by atoms with E-state index in [-0.39, 0.29) is 11.8 Å². The summed E-state index contributed by atoms with van der Waals surface area (Å²) in [6.45, 7) is 9.80. The predicted octanol–water partition coefficient (Wildman–Crippen LogP) is 1.59. The van der Waals surface area contributed by atoms with Crippen LogP contribution in [0.5, 0.6) is 0 Å². The van der Waals surface area contributed by atoms with Crippen LogP contribution in [-0.2, 0) is 11.2 Å². The largest absolute Gasteiger partial charge is 0.369 e. The molecule has 2 aliphatic heterocycles. The SMILES string of the molecule is CCN1CCN(c2ncc(N3CCC(C(=O)NCCc4ccncc4)CC3)cn2)CC1. The number of carbonyl (C=O) groups excluding carboxylic acids is 1. The molecule has 0 bridgehead atoms. The number of nitrogens with one attached hydrogen (secondary N) is 1. The predicted molar refractivity (Wildman–Crippen MR) is 122 cm³/mol. The van der Waals surface area contributed by atoms with Gasteiger partial charge in [-0.15, -0.1) is 0 Å². The molecular formula is C23H33N7O. The maximum Gasteiger partial charge on any atom is 0.225 e. The van der Waals surface area contributed by atoms with E-state index in [1.54, 1.807) is 12.4 Å². The molecule has 31 heavy (non-hydrogen) atoms. The molecule has 1 N–H and O–H groups in total. The molecule has 8 heteroatoms. The number of pyridine rings is 1. The number of carbonyl (C=O) groups is 1. The Morgan fingerprint density at radius 3 is 2.32 bits per heavy atom. The van der Waals surface area contributed by atoms with E-state index in [1.807, 2.05) is 24.5 Å². The maximum absolute atomic E-state index is 12.5. The molecule has 0 spiro atoms. The lowest BCUT2D eigenvalue weighted by atomic mass is 9.95. The molecule has 2 saturated heterocycles. The molecule has 8 nitrogen and oxygen atoms in total. The van der Waals surface area contributed by atoms with E-state index in [4.69, 9.17) is 0 Å². The highest BCUT2D eigenvalue weighted by molar-refractivity contribution is 5.79. The Morgan fingerprint density at radius 2 is 1.68 bits per heavy atom. The average molecular weight is 424 g/mol. The third kappa shape index (κ3) is 5.70. The van der Waals surface area contributed by atoms with Crippen LogP contribution in [0.15, 0.2) is 36.9 Å². The zero-order valence-corrected chi connectivity index (χ0v) is 18.4. The summed E-state index contributed by atoms with van der Waals surface area (Å²) in [6.07, 6.45) is 10.0. The number of likely N-dealkylation sites (N-methyl/N-ethyl adjacent to an activating group) is 1. The molecule has 0 aromatic carbocycles. The Labute approximate surface area is 184 Å². The number of amides is 1. The van der Waals surface area contributed by atoms with E-state index in [0.29, 0.717) is 6.54 Å². The lowest BCUT2D eigenvalue weighted by Gasteiger charge is -2.35. The van der Waals surface area contributed by atoms with Crippen molar-refractivity contribution in [2.45, 2.75) is 26.2 Å². The van der Waals surface area contributed by atoms with Gasteiger partial charge in [-0.05, 0) is 43.5 Å². The maximum atomic E-state index is 12.5. The first kappa shape index (κ1) is 21.5. The molecule has 0 aliphatic carbocycles. The van der Waals surface area contributed by atoms with E-state index in [2.05, 4.69) is 41.9 Å². The summed E-state index contributed by atoms with van der Waals surface area (Å²) in [7, 11) is 0. The number of piperidine rings is 1. The van der Waals surface area contributed by atoms with Crippen molar-refractivity contribution in [3.05, 3.63) is 42.5 Å². The lowest BCUT2D eigenvalue weighted by molar-refractivity contribution is -0.125. The molecule has 0 unspecified atom stereocenters. The van der Waals surface area contributed by atoms with Crippen molar-refractivity contribution in [3.8, 4) is 0 Å². The Balaban J connectivity index is 1.21. The quantitative estimate of drug-likeness (QED) is 0.725. The fourth-order valence-electron chi connectivity index (χ4n) is 4.33. The summed E-state index contributed by atoms with van der Waals surface area (Å²) < 4.78 is 0. The van der Waals surface area contributed by atoms with E-state index in [1.165, 1.54) is 5.56 Å². The summed E-state index contributed by atoms with van der Waals surface area (Å²) in [5.41, 5.74) is 2.24. The summed E-state index contributed by atoms with van der Waals surface area (Å²) in [5.74, 6) is 1.08. The first-order valence-electron chi connectivity index (χ1n) is 11.4. The van der Waals surface area contributed by atoms with Crippen LogP contribution in [0.2, 0.25) is 0 Å². The summed E-state index contributed by atoms with van der Waals surface area (Å²) in [6, 6.07) is 3.98. The normalized spacial score (nSPS) is 18.2. The van der Waals surface area contributed by atoms with Gasteiger partial charge in [-0.1, -0.05) is 6.92 Å². The highest BCUT2D eigenvalue weighted by Gasteiger charge is 2.25. The van der Waals surface area contributed by atoms with Crippen LogP contribution in [0.25, 0.3) is 0 Å². The van der Waals surface area contributed by atoms with Gasteiger partial charge in [-0.2, -0.15) is 0 Å². The van der Waals surface area contributed by atoms with Crippen LogP contribution in [0.4, 0.5) is 11.6 Å². The van der Waals surface area contributed by atoms with Crippen LogP contribution >= 0.6 is 0 Å². The van der Waals surface area contributed by atoms with Crippen molar-refractivity contribution in [3.63, 3.8) is 0 Å². The minimum atomic E-state index is 0.0868. The molecule has 0 radical (unpaired) electrons. The van der Waals surface area contributed by atoms with E-state index >= 15 is 0 Å². The molecule has 4 rings (SSSR count). The molecule has 2 aromatic heterocycles. The van der Waals surface area contributed by atoms with Crippen LogP contribution in [0, 0.1) is 5.92 Å². The number of nitrogens with zero attached hydrogens (tertiary/aromatic N) is 6. The standard InChI is InChI=1S/C23H33N7O/c1-2-28-13-15-30(16-14-28)23-26-17-21(18-27-23)29-11-6-20(7-12-29)22(31)25-10-5-19-3-8-24-9-4-19/h3-4,8-9,17-18,20H,2,5-7,10-16H2,1H3,(H,25,31). The molecule has 2 aromatic rings. The third-order valence-corrected chi connectivity index (χ3v) is 6.42. The highest BCUT2D eigenvalue weighted by Crippen LogP contribution is 2.23. The Hall–Kier alpha value is -2.74. The zero-order chi connectivity index (χ0) is 21.5. The number of aromatic nitrogens is 3. The highest BCUT2D eigenvalue weighted by atomic mass is 16.1. The van der Waals surface area contributed by atoms with Gasteiger partial charge in [0.1, 0.15) is 0 Å². The van der Waals surface area contributed by atoms with Gasteiger partial charge in [0.05, 0.1) is 18.1 Å². The Morgan fingerprint density at radius 1 is 1.00 bits per heavy atom. The number of rotatable bonds is 7. The summed E-state index contributed by atoms with van der Waals surface area (Å²) in [4.78, 5) is 32.8. The van der Waals surface area contributed by atoms with Crippen molar-refractivity contribution >= 4 is 17.5 Å². The van der Waals surface area contributed by atoms with E-state index < -0.39 is 0 Å². The summed E-state index contributed by atoms with van der Waals surface area (Å²) in [5, 5.41) is 3.10. The smallest absolute Gasteiger partial charge is 0.225 e. The minimum absolute atomic E-state index is 0.0868. The molecule has 2 fully saturated rings. The number of hydrogen-bond donors (Lipinski definition) is 1. The van der Waals surface area contributed by atoms with Gasteiger partial charge in [-0.3, -0.25) is 9.78 Å². The van der Waals surface area contributed by atoms with Gasteiger partial charge in [0, 0.05) is 64.1 Å². The van der Waals surface area contributed by atoms with Crippen LogP contribution in [-0.4, -0.2) is 78.1 Å². The van der Waals surface area contributed by atoms with Crippen LogP contribution in [0.1, 0.15) is 25.3 Å². The van der Waals surface area contributed by atoms with Gasteiger partial charge in [-0.25, -0.2) is 9.97 Å². The molecule has 4 heterocycles.